The lowest BCUT2D eigenvalue weighted by molar-refractivity contribution is 0.103. The number of allylic oxidation sites excluding steroid dienone is 6. The van der Waals surface area contributed by atoms with Crippen molar-refractivity contribution in [1.29, 1.82) is 0 Å². The first-order valence-corrected chi connectivity index (χ1v) is 5.61. The highest BCUT2D eigenvalue weighted by atomic mass is 35.5. The summed E-state index contributed by atoms with van der Waals surface area (Å²) in [6.45, 7) is 0. The second-order valence-corrected chi connectivity index (χ2v) is 4.16. The van der Waals surface area contributed by atoms with Gasteiger partial charge in [-0.25, -0.2) is 0 Å². The fourth-order valence-corrected chi connectivity index (χ4v) is 1.72. The van der Waals surface area contributed by atoms with Crippen LogP contribution in [-0.2, 0) is 0 Å². The molecule has 0 heterocycles. The molecule has 0 aromatic heterocycles. The summed E-state index contributed by atoms with van der Waals surface area (Å²) in [6.07, 6.45) is 7.63. The van der Waals surface area contributed by atoms with Gasteiger partial charge in [0.25, 0.3) is 0 Å². The van der Waals surface area contributed by atoms with Gasteiger partial charge in [-0.3, -0.25) is 4.79 Å². The molecule has 0 saturated heterocycles. The van der Waals surface area contributed by atoms with Gasteiger partial charge >= 0.3 is 0 Å². The molecule has 0 atom stereocenters. The minimum absolute atomic E-state index is 0.0442. The molecule has 0 saturated carbocycles. The van der Waals surface area contributed by atoms with Crippen molar-refractivity contribution in [3.05, 3.63) is 64.7 Å². The normalized spacial score (nSPS) is 14.9. The van der Waals surface area contributed by atoms with Gasteiger partial charge in [-0.05, 0) is 42.8 Å². The third kappa shape index (κ3) is 2.86. The standard InChI is InChI=1S/C14H11ClO2/c15-12-3-1-2-10(4-7-12)14(17)11-5-8-13(16)9-6-11/h1,3-9,16H,2H2. The first kappa shape index (κ1) is 11.7. The van der Waals surface area contributed by atoms with Crippen LogP contribution in [0.5, 0.6) is 5.75 Å². The second-order valence-electron chi connectivity index (χ2n) is 3.73. The summed E-state index contributed by atoms with van der Waals surface area (Å²) in [5.74, 6) is 0.108. The number of Topliss-reactive ketones (excluding diaryl/α,β-unsaturated/α-hetero) is 1. The Hall–Kier alpha value is -1.80. The molecule has 1 aromatic rings. The van der Waals surface area contributed by atoms with Gasteiger partial charge in [0.05, 0.1) is 0 Å². The third-order valence-corrected chi connectivity index (χ3v) is 2.73. The Morgan fingerprint density at radius 3 is 2.59 bits per heavy atom. The number of phenols is 1. The summed E-state index contributed by atoms with van der Waals surface area (Å²) in [7, 11) is 0. The fraction of sp³-hybridized carbons (Fsp3) is 0.0714. The van der Waals surface area contributed by atoms with E-state index in [9.17, 15) is 4.79 Å². The van der Waals surface area contributed by atoms with E-state index in [0.29, 0.717) is 22.6 Å². The van der Waals surface area contributed by atoms with E-state index in [1.807, 2.05) is 6.08 Å². The van der Waals surface area contributed by atoms with Gasteiger partial charge in [0.1, 0.15) is 5.75 Å². The Kier molecular flexibility index (Phi) is 3.45. The van der Waals surface area contributed by atoms with E-state index in [1.165, 1.54) is 12.1 Å². The van der Waals surface area contributed by atoms with Gasteiger partial charge < -0.3 is 5.11 Å². The summed E-state index contributed by atoms with van der Waals surface area (Å²) in [5, 5.41) is 9.77. The molecule has 1 aromatic carbocycles. The van der Waals surface area contributed by atoms with E-state index < -0.39 is 0 Å². The number of hydrogen-bond donors (Lipinski definition) is 1. The smallest absolute Gasteiger partial charge is 0.189 e. The van der Waals surface area contributed by atoms with Gasteiger partial charge in [0.15, 0.2) is 5.78 Å². The number of hydrogen-bond acceptors (Lipinski definition) is 2. The number of halogens is 1. The molecule has 2 rings (SSSR count). The van der Waals surface area contributed by atoms with Crippen LogP contribution in [0.4, 0.5) is 0 Å². The molecule has 0 fully saturated rings. The highest BCUT2D eigenvalue weighted by molar-refractivity contribution is 6.31. The zero-order valence-corrected chi connectivity index (χ0v) is 9.82. The first-order chi connectivity index (χ1) is 8.16. The topological polar surface area (TPSA) is 37.3 Å². The largest absolute Gasteiger partial charge is 0.508 e. The minimum atomic E-state index is -0.0442. The van der Waals surface area contributed by atoms with Gasteiger partial charge in [-0.1, -0.05) is 23.8 Å². The molecule has 1 N–H and O–H groups in total. The predicted molar refractivity (Wildman–Crippen MR) is 68.2 cm³/mol. The van der Waals surface area contributed by atoms with E-state index in [-0.39, 0.29) is 11.5 Å². The highest BCUT2D eigenvalue weighted by Crippen LogP contribution is 2.19. The van der Waals surface area contributed by atoms with Crippen LogP contribution in [0.3, 0.4) is 0 Å². The number of phenolic OH excluding ortho intramolecular Hbond substituents is 1. The minimum Gasteiger partial charge on any atom is -0.508 e. The van der Waals surface area contributed by atoms with E-state index >= 15 is 0 Å². The van der Waals surface area contributed by atoms with Crippen molar-refractivity contribution in [2.24, 2.45) is 0 Å². The highest BCUT2D eigenvalue weighted by Gasteiger charge is 2.11. The number of aromatic hydroxyl groups is 1. The molecule has 0 unspecified atom stereocenters. The third-order valence-electron chi connectivity index (χ3n) is 2.48. The average molecular weight is 247 g/mol. The summed E-state index contributed by atoms with van der Waals surface area (Å²) in [5.41, 5.74) is 1.25. The molecule has 0 spiro atoms. The Labute approximate surface area is 105 Å². The van der Waals surface area contributed by atoms with Crippen molar-refractivity contribution in [2.45, 2.75) is 6.42 Å². The lowest BCUT2D eigenvalue weighted by Crippen LogP contribution is -2.02. The summed E-state index contributed by atoms with van der Waals surface area (Å²) in [4.78, 5) is 12.1. The maximum Gasteiger partial charge on any atom is 0.189 e. The van der Waals surface area contributed by atoms with E-state index in [2.05, 4.69) is 0 Å². The molecular weight excluding hydrogens is 236 g/mol. The van der Waals surface area contributed by atoms with E-state index in [0.717, 1.165) is 0 Å². The molecule has 86 valence electrons. The predicted octanol–water partition coefficient (Wildman–Crippen LogP) is 3.58. The van der Waals surface area contributed by atoms with Gasteiger partial charge in [-0.2, -0.15) is 0 Å². The quantitative estimate of drug-likeness (QED) is 0.810. The van der Waals surface area contributed by atoms with Crippen LogP contribution in [0.25, 0.3) is 0 Å². The Balaban J connectivity index is 2.26. The maximum atomic E-state index is 12.1. The molecule has 0 aliphatic heterocycles. The van der Waals surface area contributed by atoms with Crippen LogP contribution >= 0.6 is 11.6 Å². The lowest BCUT2D eigenvalue weighted by atomic mass is 10.0. The van der Waals surface area contributed by atoms with Gasteiger partial charge in [0, 0.05) is 16.2 Å². The Morgan fingerprint density at radius 2 is 1.88 bits per heavy atom. The number of carbonyl (C=O) groups is 1. The van der Waals surface area contributed by atoms with Gasteiger partial charge in [-0.15, -0.1) is 0 Å². The van der Waals surface area contributed by atoms with Crippen molar-refractivity contribution in [2.75, 3.05) is 0 Å². The van der Waals surface area contributed by atoms with Crippen molar-refractivity contribution in [3.8, 4) is 5.75 Å². The second kappa shape index (κ2) is 5.02. The van der Waals surface area contributed by atoms with Crippen LogP contribution in [0.1, 0.15) is 16.8 Å². The maximum absolute atomic E-state index is 12.1. The van der Waals surface area contributed by atoms with Crippen LogP contribution in [0.15, 0.2) is 59.2 Å². The summed E-state index contributed by atoms with van der Waals surface area (Å²) < 4.78 is 0. The summed E-state index contributed by atoms with van der Waals surface area (Å²) >= 11 is 5.84. The molecule has 1 aliphatic carbocycles. The fourth-order valence-electron chi connectivity index (χ4n) is 1.57. The summed E-state index contributed by atoms with van der Waals surface area (Å²) in [6, 6.07) is 6.23. The van der Waals surface area contributed by atoms with Crippen LogP contribution < -0.4 is 0 Å². The van der Waals surface area contributed by atoms with E-state index in [1.54, 1.807) is 30.4 Å². The lowest BCUT2D eigenvalue weighted by Gasteiger charge is -2.03. The van der Waals surface area contributed by atoms with Crippen LogP contribution in [0, 0.1) is 0 Å². The molecule has 3 heteroatoms. The number of ketones is 1. The van der Waals surface area contributed by atoms with Crippen LogP contribution in [-0.4, -0.2) is 10.9 Å². The number of benzene rings is 1. The molecular formula is C14H11ClO2. The van der Waals surface area contributed by atoms with Crippen molar-refractivity contribution in [3.63, 3.8) is 0 Å². The average Bonchev–Trinajstić information content (AvgIpc) is 2.54. The van der Waals surface area contributed by atoms with Crippen molar-refractivity contribution >= 4 is 17.4 Å². The molecule has 0 radical (unpaired) electrons. The molecule has 17 heavy (non-hydrogen) atoms. The SMILES string of the molecule is O=C(C1=CC=C(Cl)C=CC1)c1ccc(O)cc1. The number of carbonyl (C=O) groups excluding carboxylic acids is 1. The first-order valence-electron chi connectivity index (χ1n) is 5.23. The zero-order valence-electron chi connectivity index (χ0n) is 9.06. The van der Waals surface area contributed by atoms with Crippen molar-refractivity contribution < 1.29 is 9.90 Å². The van der Waals surface area contributed by atoms with E-state index in [4.69, 9.17) is 16.7 Å². The monoisotopic (exact) mass is 246 g/mol. The molecule has 1 aliphatic rings. The van der Waals surface area contributed by atoms with Crippen molar-refractivity contribution in [1.82, 2.24) is 0 Å². The molecule has 2 nitrogen and oxygen atoms in total. The zero-order chi connectivity index (χ0) is 12.3. The van der Waals surface area contributed by atoms with Gasteiger partial charge in [0.2, 0.25) is 0 Å². The molecule has 0 bridgehead atoms. The molecule has 0 amide bonds. The Morgan fingerprint density at radius 1 is 1.18 bits per heavy atom. The van der Waals surface area contributed by atoms with Crippen LogP contribution in [0.2, 0.25) is 0 Å². The Bertz CT molecular complexity index is 522. The number of rotatable bonds is 2.